The molecule has 9 aromatic rings. The minimum absolute atomic E-state index is 0.0728. The topological polar surface area (TPSA) is 17.8 Å². The number of nitrogens with zero attached hydrogens (tertiary/aromatic N) is 2. The van der Waals surface area contributed by atoms with Gasteiger partial charge in [-0.2, -0.15) is 0 Å². The van der Waals surface area contributed by atoms with Crippen LogP contribution in [0, 0.1) is 0 Å². The van der Waals surface area contributed by atoms with E-state index in [1.54, 1.807) is 0 Å². The Hall–Kier alpha value is -6.25. The molecule has 0 amide bonds. The molecule has 0 radical (unpaired) electrons. The summed E-state index contributed by atoms with van der Waals surface area (Å²) in [5, 5.41) is 4.97. The Morgan fingerprint density at radius 3 is 1.70 bits per heavy atom. The molecule has 0 fully saturated rings. The van der Waals surface area contributed by atoms with E-state index in [9.17, 15) is 0 Å². The summed E-state index contributed by atoms with van der Waals surface area (Å²) in [5.74, 6) is 0.936. The fourth-order valence-corrected chi connectivity index (χ4v) is 8.53. The van der Waals surface area contributed by atoms with Crippen LogP contribution in [0.3, 0.4) is 0 Å². The van der Waals surface area contributed by atoms with E-state index in [0.717, 1.165) is 28.1 Å². The van der Waals surface area contributed by atoms with Crippen molar-refractivity contribution >= 4 is 32.6 Å². The van der Waals surface area contributed by atoms with Crippen molar-refractivity contribution in [3.8, 4) is 50.5 Å². The van der Waals surface area contributed by atoms with Crippen molar-refractivity contribution < 1.29 is 0 Å². The molecule has 0 saturated carbocycles. The van der Waals surface area contributed by atoms with Crippen molar-refractivity contribution in [3.63, 3.8) is 0 Å². The maximum Gasteiger partial charge on any atom is 0.146 e. The second kappa shape index (κ2) is 10.9. The lowest BCUT2D eigenvalue weighted by atomic mass is 9.80. The molecular weight excluding hydrogens is 605 g/mol. The third kappa shape index (κ3) is 4.12. The molecule has 0 bridgehead atoms. The van der Waals surface area contributed by atoms with Crippen LogP contribution in [-0.2, 0) is 5.41 Å². The fraction of sp³-hybridized carbons (Fsp3) is 0.0625. The number of rotatable bonds is 4. The number of imidazole rings is 1. The lowest BCUT2D eigenvalue weighted by Crippen LogP contribution is -2.14. The molecule has 8 aromatic carbocycles. The zero-order valence-electron chi connectivity index (χ0n) is 28.1. The number of hydrogen-bond donors (Lipinski definition) is 0. The third-order valence-electron chi connectivity index (χ3n) is 10.8. The zero-order chi connectivity index (χ0) is 33.4. The summed E-state index contributed by atoms with van der Waals surface area (Å²) in [6.45, 7) is 4.72. The summed E-state index contributed by atoms with van der Waals surface area (Å²) in [4.78, 5) is 5.30. The van der Waals surface area contributed by atoms with E-state index in [2.05, 4.69) is 188 Å². The molecule has 0 unspecified atom stereocenters. The predicted molar refractivity (Wildman–Crippen MR) is 210 cm³/mol. The van der Waals surface area contributed by atoms with E-state index >= 15 is 0 Å². The highest BCUT2D eigenvalue weighted by Crippen LogP contribution is 2.51. The molecule has 0 N–H and O–H groups in total. The first-order valence-electron chi connectivity index (χ1n) is 17.4. The number of aromatic nitrogens is 2. The van der Waals surface area contributed by atoms with Gasteiger partial charge in [0.25, 0.3) is 0 Å². The van der Waals surface area contributed by atoms with Gasteiger partial charge in [0.15, 0.2) is 0 Å². The van der Waals surface area contributed by atoms with Crippen LogP contribution in [0.25, 0.3) is 83.0 Å². The predicted octanol–water partition coefficient (Wildman–Crippen LogP) is 12.6. The molecule has 1 aliphatic carbocycles. The summed E-state index contributed by atoms with van der Waals surface area (Å²) in [7, 11) is 0. The molecule has 1 aliphatic rings. The molecule has 1 heterocycles. The quantitative estimate of drug-likeness (QED) is 0.175. The van der Waals surface area contributed by atoms with E-state index < -0.39 is 0 Å². The highest BCUT2D eigenvalue weighted by Gasteiger charge is 2.35. The molecule has 0 spiro atoms. The highest BCUT2D eigenvalue weighted by atomic mass is 15.1. The minimum Gasteiger partial charge on any atom is -0.292 e. The monoisotopic (exact) mass is 638 g/mol. The van der Waals surface area contributed by atoms with Crippen LogP contribution in [0.2, 0.25) is 0 Å². The van der Waals surface area contributed by atoms with Gasteiger partial charge < -0.3 is 0 Å². The van der Waals surface area contributed by atoms with Gasteiger partial charge >= 0.3 is 0 Å². The fourth-order valence-electron chi connectivity index (χ4n) is 8.53. The van der Waals surface area contributed by atoms with Crippen LogP contribution in [0.4, 0.5) is 0 Å². The first-order valence-corrected chi connectivity index (χ1v) is 17.4. The van der Waals surface area contributed by atoms with Crippen molar-refractivity contribution in [2.45, 2.75) is 19.3 Å². The van der Waals surface area contributed by atoms with Gasteiger partial charge in [0.2, 0.25) is 0 Å². The average molecular weight is 639 g/mol. The van der Waals surface area contributed by atoms with Crippen molar-refractivity contribution in [1.82, 2.24) is 9.55 Å². The van der Waals surface area contributed by atoms with Crippen molar-refractivity contribution in [2.24, 2.45) is 0 Å². The van der Waals surface area contributed by atoms with E-state index in [1.807, 2.05) is 0 Å². The van der Waals surface area contributed by atoms with Crippen molar-refractivity contribution in [2.75, 3.05) is 0 Å². The maximum atomic E-state index is 5.30. The van der Waals surface area contributed by atoms with Crippen LogP contribution < -0.4 is 0 Å². The van der Waals surface area contributed by atoms with E-state index in [1.165, 1.54) is 66.1 Å². The summed E-state index contributed by atoms with van der Waals surface area (Å²) in [5.41, 5.74) is 14.6. The van der Waals surface area contributed by atoms with Crippen LogP contribution >= 0.6 is 0 Å². The Balaban J connectivity index is 1.26. The van der Waals surface area contributed by atoms with Gasteiger partial charge in [-0.25, -0.2) is 4.98 Å². The Labute approximate surface area is 291 Å². The van der Waals surface area contributed by atoms with Crippen LogP contribution in [0.15, 0.2) is 170 Å². The van der Waals surface area contributed by atoms with E-state index in [0.29, 0.717) is 0 Å². The molecule has 2 heteroatoms. The largest absolute Gasteiger partial charge is 0.292 e. The summed E-state index contributed by atoms with van der Waals surface area (Å²) in [6.07, 6.45) is 0. The normalized spacial score (nSPS) is 13.2. The van der Waals surface area contributed by atoms with Crippen LogP contribution in [0.5, 0.6) is 0 Å². The van der Waals surface area contributed by atoms with E-state index in [4.69, 9.17) is 4.98 Å². The molecule has 50 heavy (non-hydrogen) atoms. The lowest BCUT2D eigenvalue weighted by molar-refractivity contribution is 0.660. The van der Waals surface area contributed by atoms with E-state index in [-0.39, 0.29) is 5.41 Å². The van der Waals surface area contributed by atoms with Gasteiger partial charge in [0, 0.05) is 16.7 Å². The third-order valence-corrected chi connectivity index (χ3v) is 10.8. The van der Waals surface area contributed by atoms with Gasteiger partial charge in [0.05, 0.1) is 11.0 Å². The first-order chi connectivity index (χ1) is 24.6. The summed E-state index contributed by atoms with van der Waals surface area (Å²) < 4.78 is 2.30. The molecule has 1 aromatic heterocycles. The number of fused-ring (bicyclic) bond motifs is 6. The highest BCUT2D eigenvalue weighted by molar-refractivity contribution is 6.22. The second-order valence-corrected chi connectivity index (χ2v) is 13.9. The maximum absolute atomic E-state index is 5.30. The molecule has 2 nitrogen and oxygen atoms in total. The average Bonchev–Trinajstić information content (AvgIpc) is 3.66. The number of hydrogen-bond acceptors (Lipinski definition) is 1. The Morgan fingerprint density at radius 2 is 0.980 bits per heavy atom. The molecular formula is C48H34N2. The van der Waals surface area contributed by atoms with Gasteiger partial charge in [-0.3, -0.25) is 4.57 Å². The van der Waals surface area contributed by atoms with Gasteiger partial charge in [-0.1, -0.05) is 153 Å². The Kier molecular flexibility index (Phi) is 6.25. The smallest absolute Gasteiger partial charge is 0.146 e. The van der Waals surface area contributed by atoms with Crippen molar-refractivity contribution in [3.05, 3.63) is 181 Å². The summed E-state index contributed by atoms with van der Waals surface area (Å²) in [6, 6.07) is 61.7. The molecule has 0 aliphatic heterocycles. The molecule has 0 atom stereocenters. The molecule has 10 rings (SSSR count). The SMILES string of the molecule is CC1(C)c2ccccc2-c2ccc(-c3c4ccccc4c(-c4ccccc4-c4nc5ccccc5n4-c4ccccc4)c4ccccc34)cc21. The van der Waals surface area contributed by atoms with Crippen LogP contribution in [-0.4, -0.2) is 9.55 Å². The summed E-state index contributed by atoms with van der Waals surface area (Å²) >= 11 is 0. The molecule has 236 valence electrons. The Bertz CT molecular complexity index is 2730. The number of benzene rings is 8. The van der Waals surface area contributed by atoms with Gasteiger partial charge in [-0.05, 0) is 96.4 Å². The lowest BCUT2D eigenvalue weighted by Gasteiger charge is -2.23. The first kappa shape index (κ1) is 28.7. The second-order valence-electron chi connectivity index (χ2n) is 13.9. The number of para-hydroxylation sites is 3. The standard InChI is InChI=1S/C48H34N2/c1-48(2)41-25-13-12-18-33(41)34-29-28-31(30-42(34)48)45-35-19-6-8-21-37(35)46(38-22-9-7-20-36(38)45)39-23-10-11-24-40(39)47-49-43-26-14-15-27-44(43)50(47)32-16-4-3-5-17-32/h3-30H,1-2H3. The van der Waals surface area contributed by atoms with Gasteiger partial charge in [0.1, 0.15) is 5.82 Å². The minimum atomic E-state index is -0.0728. The van der Waals surface area contributed by atoms with Crippen LogP contribution in [0.1, 0.15) is 25.0 Å². The molecule has 0 saturated heterocycles. The van der Waals surface area contributed by atoms with Gasteiger partial charge in [-0.15, -0.1) is 0 Å². The Morgan fingerprint density at radius 1 is 0.440 bits per heavy atom. The van der Waals surface area contributed by atoms with Crippen molar-refractivity contribution in [1.29, 1.82) is 0 Å². The zero-order valence-corrected chi connectivity index (χ0v) is 28.1.